The highest BCUT2D eigenvalue weighted by Gasteiger charge is 2.22. The molecule has 0 bridgehead atoms. The predicted octanol–water partition coefficient (Wildman–Crippen LogP) is 6.35. The number of fused-ring (bicyclic) bond motifs is 1. The van der Waals surface area contributed by atoms with Crippen LogP contribution in [0.25, 0.3) is 16.8 Å². The van der Waals surface area contributed by atoms with E-state index >= 15 is 0 Å². The van der Waals surface area contributed by atoms with E-state index in [-0.39, 0.29) is 12.2 Å². The number of carbonyl (C=O) groups is 1. The van der Waals surface area contributed by atoms with Gasteiger partial charge in [0.1, 0.15) is 12.4 Å². The van der Waals surface area contributed by atoms with E-state index in [2.05, 4.69) is 70.3 Å². The van der Waals surface area contributed by atoms with Crippen molar-refractivity contribution in [2.45, 2.75) is 44.6 Å². The van der Waals surface area contributed by atoms with Crippen LogP contribution < -0.4 is 15.5 Å². The van der Waals surface area contributed by atoms with Gasteiger partial charge in [0.15, 0.2) is 6.29 Å². The Hall–Kier alpha value is -4.01. The van der Waals surface area contributed by atoms with Gasteiger partial charge < -0.3 is 14.8 Å². The molecule has 0 aliphatic carbocycles. The minimum atomic E-state index is -0.378. The van der Waals surface area contributed by atoms with Gasteiger partial charge in [-0.15, -0.1) is 0 Å². The second kappa shape index (κ2) is 15.1. The first-order chi connectivity index (χ1) is 21.7. The molecule has 7 nitrogen and oxygen atoms in total. The van der Waals surface area contributed by atoms with Crippen molar-refractivity contribution in [3.05, 3.63) is 119 Å². The smallest absolute Gasteiger partial charge is 0.274 e. The van der Waals surface area contributed by atoms with Gasteiger partial charge in [0, 0.05) is 56.2 Å². The Morgan fingerprint density at radius 2 is 1.73 bits per heavy atom. The second-order valence-electron chi connectivity index (χ2n) is 11.6. The van der Waals surface area contributed by atoms with Crippen molar-refractivity contribution >= 4 is 22.8 Å². The number of nitrogens with one attached hydrogen (secondary N) is 2. The van der Waals surface area contributed by atoms with Crippen LogP contribution in [0.5, 0.6) is 5.75 Å². The van der Waals surface area contributed by atoms with E-state index in [0.29, 0.717) is 31.4 Å². The average Bonchev–Trinajstić information content (AvgIpc) is 3.53. The number of hydrogen-bond acceptors (Lipinski definition) is 6. The molecule has 7 heteroatoms. The van der Waals surface area contributed by atoms with Crippen LogP contribution in [0, 0.1) is 0 Å². The molecule has 4 aromatic carbocycles. The van der Waals surface area contributed by atoms with Crippen LogP contribution in [0.15, 0.2) is 103 Å². The van der Waals surface area contributed by atoms with Gasteiger partial charge in [-0.1, -0.05) is 84.9 Å². The zero-order chi connectivity index (χ0) is 30.0. The Balaban J connectivity index is 1.10. The molecule has 0 saturated carbocycles. The zero-order valence-electron chi connectivity index (χ0n) is 25.1. The quantitative estimate of drug-likeness (QED) is 0.187. The molecule has 2 unspecified atom stereocenters. The highest BCUT2D eigenvalue weighted by molar-refractivity contribution is 5.93. The molecule has 1 amide bonds. The summed E-state index contributed by atoms with van der Waals surface area (Å²) in [4.78, 5) is 20.6. The maximum atomic E-state index is 12.6. The number of benzene rings is 4. The Labute approximate surface area is 259 Å². The van der Waals surface area contributed by atoms with Crippen molar-refractivity contribution in [3.8, 4) is 5.75 Å². The van der Waals surface area contributed by atoms with E-state index in [1.807, 2.05) is 48.5 Å². The number of likely N-dealkylation sites (tertiary alicyclic amines) is 1. The van der Waals surface area contributed by atoms with Crippen LogP contribution in [0.4, 0.5) is 0 Å². The van der Waals surface area contributed by atoms with E-state index in [1.54, 1.807) is 0 Å². The first kappa shape index (κ1) is 30.0. The lowest BCUT2D eigenvalue weighted by atomic mass is 10.1. The molecule has 2 saturated heterocycles. The minimum absolute atomic E-state index is 0.280. The lowest BCUT2D eigenvalue weighted by Crippen LogP contribution is -2.34. The van der Waals surface area contributed by atoms with Crippen molar-refractivity contribution in [2.75, 3.05) is 32.8 Å². The average molecular weight is 592 g/mol. The number of carbonyl (C=O) groups excluding carboxylic acids is 1. The van der Waals surface area contributed by atoms with Crippen molar-refractivity contribution in [2.24, 2.45) is 0 Å². The fourth-order valence-electron chi connectivity index (χ4n) is 5.84. The summed E-state index contributed by atoms with van der Waals surface area (Å²) in [7, 11) is 0. The summed E-state index contributed by atoms with van der Waals surface area (Å²) in [6.45, 7) is 4.91. The van der Waals surface area contributed by atoms with Crippen molar-refractivity contribution in [1.29, 1.82) is 0 Å². The summed E-state index contributed by atoms with van der Waals surface area (Å²) in [6, 6.07) is 33.1. The molecule has 4 aromatic rings. The van der Waals surface area contributed by atoms with E-state index in [0.717, 1.165) is 73.0 Å². The lowest BCUT2D eigenvalue weighted by molar-refractivity contribution is -0.186. The maximum absolute atomic E-state index is 12.6. The van der Waals surface area contributed by atoms with Gasteiger partial charge in [0.25, 0.3) is 5.91 Å². The summed E-state index contributed by atoms with van der Waals surface area (Å²) >= 11 is 0. The van der Waals surface area contributed by atoms with Crippen LogP contribution in [0.3, 0.4) is 0 Å². The van der Waals surface area contributed by atoms with Crippen LogP contribution in [-0.4, -0.2) is 56.0 Å². The zero-order valence-corrected chi connectivity index (χ0v) is 25.1. The molecule has 2 aliphatic rings. The fraction of sp³-hybridized carbons (Fsp3) is 0.324. The molecule has 2 atom stereocenters. The Morgan fingerprint density at radius 1 is 0.909 bits per heavy atom. The molecule has 0 radical (unpaired) electrons. The van der Waals surface area contributed by atoms with Gasteiger partial charge in [-0.2, -0.15) is 0 Å². The van der Waals surface area contributed by atoms with Gasteiger partial charge >= 0.3 is 0 Å². The van der Waals surface area contributed by atoms with Crippen molar-refractivity contribution in [3.63, 3.8) is 0 Å². The number of hydrogen-bond donors (Lipinski definition) is 2. The summed E-state index contributed by atoms with van der Waals surface area (Å²) in [6.07, 6.45) is 5.74. The van der Waals surface area contributed by atoms with Gasteiger partial charge in [0.2, 0.25) is 0 Å². The third kappa shape index (κ3) is 8.33. The molecular formula is C37H41N3O4. The first-order valence-corrected chi connectivity index (χ1v) is 15.7. The fourth-order valence-corrected chi connectivity index (χ4v) is 5.84. The number of rotatable bonds is 12. The molecule has 228 valence electrons. The van der Waals surface area contributed by atoms with E-state index in [4.69, 9.17) is 14.3 Å². The normalized spacial score (nSPS) is 19.2. The number of nitrogens with zero attached hydrogens (tertiary/aromatic N) is 1. The van der Waals surface area contributed by atoms with Crippen LogP contribution in [0.2, 0.25) is 0 Å². The summed E-state index contributed by atoms with van der Waals surface area (Å²) in [5.41, 5.74) is 6.57. The molecule has 2 N–H and O–H groups in total. The lowest BCUT2D eigenvalue weighted by Gasteiger charge is -2.22. The summed E-state index contributed by atoms with van der Waals surface area (Å²) < 4.78 is 11.9. The molecule has 2 fully saturated rings. The van der Waals surface area contributed by atoms with Crippen LogP contribution in [-0.2, 0) is 16.1 Å². The molecule has 44 heavy (non-hydrogen) atoms. The van der Waals surface area contributed by atoms with Crippen molar-refractivity contribution in [1.82, 2.24) is 15.7 Å². The third-order valence-electron chi connectivity index (χ3n) is 8.27. The Bertz CT molecular complexity index is 1530. The highest BCUT2D eigenvalue weighted by atomic mass is 16.8. The minimum Gasteiger partial charge on any atom is -0.489 e. The molecular weight excluding hydrogens is 550 g/mol. The van der Waals surface area contributed by atoms with Gasteiger partial charge in [0.05, 0.1) is 0 Å². The third-order valence-corrected chi connectivity index (χ3v) is 8.27. The van der Waals surface area contributed by atoms with Gasteiger partial charge in [-0.3, -0.25) is 9.69 Å². The van der Waals surface area contributed by atoms with Gasteiger partial charge in [-0.25, -0.2) is 10.3 Å². The van der Waals surface area contributed by atoms with Crippen molar-refractivity contribution < 1.29 is 19.1 Å². The molecule has 2 aliphatic heterocycles. The predicted molar refractivity (Wildman–Crippen MR) is 174 cm³/mol. The number of hydroxylamine groups is 1. The molecule has 6 rings (SSSR count). The largest absolute Gasteiger partial charge is 0.489 e. The second-order valence-corrected chi connectivity index (χ2v) is 11.6. The summed E-state index contributed by atoms with van der Waals surface area (Å²) in [5, 5.41) is 6.05. The number of ether oxygens (including phenoxy) is 2. The maximum Gasteiger partial charge on any atom is 0.274 e. The standard InChI is InChI=1S/C37H41N3O4/c41-37(39-44-36-15-6-7-22-42-36)32-18-16-28(17-19-32)23-30(27-43-35-14-8-12-31-11-4-5-13-34(31)35)24-38-33-20-21-40(26-33)25-29-9-2-1-3-10-29/h1-5,8-14,16-19,23,33,36,38H,6-7,15,20-22,24-27H2,(H,39,41). The molecule has 0 spiro atoms. The topological polar surface area (TPSA) is 72.1 Å². The summed E-state index contributed by atoms with van der Waals surface area (Å²) in [5.74, 6) is 0.593. The van der Waals surface area contributed by atoms with Crippen LogP contribution >= 0.6 is 0 Å². The Kier molecular flexibility index (Phi) is 10.3. The van der Waals surface area contributed by atoms with E-state index in [9.17, 15) is 4.79 Å². The molecule has 0 aromatic heterocycles. The Morgan fingerprint density at radius 3 is 2.57 bits per heavy atom. The number of amides is 1. The van der Waals surface area contributed by atoms with Crippen LogP contribution in [0.1, 0.15) is 47.2 Å². The molecule has 2 heterocycles. The SMILES string of the molecule is O=C(NOC1CCCCO1)c1ccc(C=C(CNC2CCN(Cc3ccccc3)C2)COc2cccc3ccccc23)cc1. The van der Waals surface area contributed by atoms with E-state index < -0.39 is 0 Å². The highest BCUT2D eigenvalue weighted by Crippen LogP contribution is 2.26. The monoisotopic (exact) mass is 591 g/mol. The van der Waals surface area contributed by atoms with E-state index in [1.165, 1.54) is 5.56 Å². The van der Waals surface area contributed by atoms with Gasteiger partial charge in [-0.05, 0) is 59.5 Å². The first-order valence-electron chi connectivity index (χ1n) is 15.7.